The van der Waals surface area contributed by atoms with Crippen LogP contribution in [-0.4, -0.2) is 34.0 Å². The highest BCUT2D eigenvalue weighted by molar-refractivity contribution is 7.22. The Balaban J connectivity index is 2.03. The molecular weight excluding hydrogens is 296 g/mol. The molecule has 110 valence electrons. The van der Waals surface area contributed by atoms with Crippen LogP contribution in [0.3, 0.4) is 0 Å². The molecule has 2 aromatic rings. The average Bonchev–Trinajstić information content (AvgIpc) is 2.79. The molecular formula is C12H12N4O4S. The van der Waals surface area contributed by atoms with Crippen molar-refractivity contribution in [2.45, 2.75) is 12.5 Å². The highest BCUT2D eigenvalue weighted by Gasteiger charge is 2.22. The first kappa shape index (κ1) is 14.7. The van der Waals surface area contributed by atoms with E-state index >= 15 is 0 Å². The molecule has 1 atom stereocenters. The second kappa shape index (κ2) is 6.18. The monoisotopic (exact) mass is 308 g/mol. The van der Waals surface area contributed by atoms with E-state index in [-0.39, 0.29) is 0 Å². The number of aromatic nitrogens is 1. The molecule has 1 aromatic carbocycles. The Kier molecular flexibility index (Phi) is 4.33. The van der Waals surface area contributed by atoms with Gasteiger partial charge in [0.25, 0.3) is 0 Å². The van der Waals surface area contributed by atoms with Gasteiger partial charge in [-0.05, 0) is 12.1 Å². The number of amides is 3. The number of carbonyl (C=O) groups is 3. The molecule has 2 rings (SSSR count). The van der Waals surface area contributed by atoms with E-state index in [0.717, 1.165) is 10.2 Å². The first-order valence-electron chi connectivity index (χ1n) is 5.90. The summed E-state index contributed by atoms with van der Waals surface area (Å²) >= 11 is 1.25. The molecule has 0 aliphatic heterocycles. The zero-order chi connectivity index (χ0) is 15.4. The van der Waals surface area contributed by atoms with Crippen LogP contribution in [0.1, 0.15) is 6.42 Å². The van der Waals surface area contributed by atoms with Gasteiger partial charge < -0.3 is 16.2 Å². The lowest BCUT2D eigenvalue weighted by Gasteiger charge is -2.12. The lowest BCUT2D eigenvalue weighted by atomic mass is 10.2. The number of nitrogens with one attached hydrogen (secondary N) is 2. The van der Waals surface area contributed by atoms with E-state index in [2.05, 4.69) is 15.6 Å². The van der Waals surface area contributed by atoms with Crippen LogP contribution in [0.4, 0.5) is 9.93 Å². The summed E-state index contributed by atoms with van der Waals surface area (Å²) in [5, 5.41) is 13.8. The summed E-state index contributed by atoms with van der Waals surface area (Å²) in [6.45, 7) is 0. The molecule has 1 heterocycles. The topological polar surface area (TPSA) is 134 Å². The van der Waals surface area contributed by atoms with Crippen LogP contribution in [0.25, 0.3) is 10.2 Å². The van der Waals surface area contributed by atoms with Crippen molar-refractivity contribution in [1.29, 1.82) is 0 Å². The summed E-state index contributed by atoms with van der Waals surface area (Å²) in [6.07, 6.45) is -0.484. The summed E-state index contributed by atoms with van der Waals surface area (Å²) in [5.74, 6) is -2.16. The number of rotatable bonds is 5. The number of para-hydroxylation sites is 1. The van der Waals surface area contributed by atoms with Gasteiger partial charge in [0.15, 0.2) is 5.13 Å². The maximum absolute atomic E-state index is 11.7. The van der Waals surface area contributed by atoms with Crippen LogP contribution >= 0.6 is 11.3 Å². The molecule has 1 aromatic heterocycles. The number of carbonyl (C=O) groups excluding carboxylic acids is 2. The van der Waals surface area contributed by atoms with Gasteiger partial charge in [0, 0.05) is 0 Å². The largest absolute Gasteiger partial charge is 0.480 e. The SMILES string of the molecule is NC(=O)CC(NC(=O)Nc1nc2ccccc2s1)C(=O)O. The molecule has 0 saturated carbocycles. The molecule has 3 amide bonds. The Morgan fingerprint density at radius 1 is 1.33 bits per heavy atom. The van der Waals surface area contributed by atoms with Crippen LogP contribution in [0.2, 0.25) is 0 Å². The number of thiazole rings is 1. The van der Waals surface area contributed by atoms with E-state index in [4.69, 9.17) is 10.8 Å². The fourth-order valence-electron chi connectivity index (χ4n) is 1.62. The Bertz CT molecular complexity index is 666. The highest BCUT2D eigenvalue weighted by Crippen LogP contribution is 2.25. The standard InChI is InChI=1S/C12H12N4O4S/c13-9(17)5-7(10(18)19)14-11(20)16-12-15-6-3-1-2-4-8(6)21-12/h1-4,7H,5H2,(H2,13,17)(H,18,19)(H2,14,15,16,20). The third kappa shape index (κ3) is 3.89. The number of carboxylic acid groups (broad SMARTS) is 1. The van der Waals surface area contributed by atoms with Crippen LogP contribution in [0, 0.1) is 0 Å². The molecule has 1 unspecified atom stereocenters. The number of anilines is 1. The number of carboxylic acids is 1. The normalized spacial score (nSPS) is 11.8. The molecule has 0 saturated heterocycles. The van der Waals surface area contributed by atoms with E-state index in [9.17, 15) is 14.4 Å². The summed E-state index contributed by atoms with van der Waals surface area (Å²) in [7, 11) is 0. The molecule has 9 heteroatoms. The van der Waals surface area contributed by atoms with Crippen molar-refractivity contribution in [3.05, 3.63) is 24.3 Å². The summed E-state index contributed by atoms with van der Waals surface area (Å²) in [4.78, 5) is 37.5. The number of aliphatic carboxylic acids is 1. The second-order valence-corrected chi connectivity index (χ2v) is 5.18. The van der Waals surface area contributed by atoms with Gasteiger partial charge in [-0.25, -0.2) is 14.6 Å². The number of primary amides is 1. The number of hydrogen-bond donors (Lipinski definition) is 4. The van der Waals surface area contributed by atoms with E-state index in [1.807, 2.05) is 18.2 Å². The zero-order valence-electron chi connectivity index (χ0n) is 10.7. The van der Waals surface area contributed by atoms with Crippen molar-refractivity contribution in [1.82, 2.24) is 10.3 Å². The molecule has 0 bridgehead atoms. The van der Waals surface area contributed by atoms with Crippen molar-refractivity contribution < 1.29 is 19.5 Å². The van der Waals surface area contributed by atoms with Crippen LogP contribution in [-0.2, 0) is 9.59 Å². The van der Waals surface area contributed by atoms with Crippen molar-refractivity contribution in [3.63, 3.8) is 0 Å². The predicted molar refractivity (Wildman–Crippen MR) is 77.0 cm³/mol. The third-order valence-corrected chi connectivity index (χ3v) is 3.47. The average molecular weight is 308 g/mol. The van der Waals surface area contributed by atoms with E-state index < -0.39 is 30.4 Å². The number of fused-ring (bicyclic) bond motifs is 1. The Labute approximate surface area is 123 Å². The maximum Gasteiger partial charge on any atom is 0.326 e. The van der Waals surface area contributed by atoms with Gasteiger partial charge in [-0.2, -0.15) is 0 Å². The fraction of sp³-hybridized carbons (Fsp3) is 0.167. The van der Waals surface area contributed by atoms with E-state index in [1.165, 1.54) is 11.3 Å². The first-order valence-corrected chi connectivity index (χ1v) is 6.71. The minimum Gasteiger partial charge on any atom is -0.480 e. The van der Waals surface area contributed by atoms with Crippen molar-refractivity contribution in [3.8, 4) is 0 Å². The fourth-order valence-corrected chi connectivity index (χ4v) is 2.48. The van der Waals surface area contributed by atoms with Crippen molar-refractivity contribution >= 4 is 44.6 Å². The van der Waals surface area contributed by atoms with E-state index in [0.29, 0.717) is 5.13 Å². The molecule has 0 aliphatic rings. The molecule has 5 N–H and O–H groups in total. The number of benzene rings is 1. The molecule has 0 fully saturated rings. The minimum absolute atomic E-state index is 0.330. The van der Waals surface area contributed by atoms with Crippen molar-refractivity contribution in [2.75, 3.05) is 5.32 Å². The second-order valence-electron chi connectivity index (χ2n) is 4.15. The predicted octanol–water partition coefficient (Wildman–Crippen LogP) is 0.746. The Morgan fingerprint density at radius 3 is 2.67 bits per heavy atom. The molecule has 21 heavy (non-hydrogen) atoms. The van der Waals surface area contributed by atoms with Gasteiger partial charge in [-0.3, -0.25) is 10.1 Å². The zero-order valence-corrected chi connectivity index (χ0v) is 11.5. The molecule has 0 spiro atoms. The Morgan fingerprint density at radius 2 is 2.05 bits per heavy atom. The van der Waals surface area contributed by atoms with Crippen LogP contribution in [0.15, 0.2) is 24.3 Å². The summed E-state index contributed by atoms with van der Waals surface area (Å²) in [5.41, 5.74) is 5.65. The number of nitrogens with zero attached hydrogens (tertiary/aromatic N) is 1. The minimum atomic E-state index is -1.38. The van der Waals surface area contributed by atoms with Gasteiger partial charge >= 0.3 is 12.0 Å². The third-order valence-electron chi connectivity index (χ3n) is 2.52. The smallest absolute Gasteiger partial charge is 0.326 e. The van der Waals surface area contributed by atoms with E-state index in [1.54, 1.807) is 6.07 Å². The summed E-state index contributed by atoms with van der Waals surface area (Å²) < 4.78 is 0.889. The maximum atomic E-state index is 11.7. The van der Waals surface area contributed by atoms with Gasteiger partial charge in [-0.1, -0.05) is 23.5 Å². The molecule has 0 aliphatic carbocycles. The summed E-state index contributed by atoms with van der Waals surface area (Å²) in [6, 6.07) is 5.17. The lowest BCUT2D eigenvalue weighted by Crippen LogP contribution is -2.45. The number of urea groups is 1. The number of hydrogen-bond acceptors (Lipinski definition) is 5. The highest BCUT2D eigenvalue weighted by atomic mass is 32.1. The number of nitrogens with two attached hydrogens (primary N) is 1. The quantitative estimate of drug-likeness (QED) is 0.646. The van der Waals surface area contributed by atoms with Crippen LogP contribution in [0.5, 0.6) is 0 Å². The molecule has 0 radical (unpaired) electrons. The van der Waals surface area contributed by atoms with Crippen molar-refractivity contribution in [2.24, 2.45) is 5.73 Å². The van der Waals surface area contributed by atoms with Gasteiger partial charge in [0.1, 0.15) is 6.04 Å². The Hall–Kier alpha value is -2.68. The van der Waals surface area contributed by atoms with Gasteiger partial charge in [-0.15, -0.1) is 0 Å². The van der Waals surface area contributed by atoms with Gasteiger partial charge in [0.2, 0.25) is 5.91 Å². The van der Waals surface area contributed by atoms with Crippen LogP contribution < -0.4 is 16.4 Å². The van der Waals surface area contributed by atoms with Gasteiger partial charge in [0.05, 0.1) is 16.6 Å². The lowest BCUT2D eigenvalue weighted by molar-refractivity contribution is -0.140. The molecule has 8 nitrogen and oxygen atoms in total. The first-order chi connectivity index (χ1) is 9.95.